The zero-order chi connectivity index (χ0) is 22.3. The molecule has 0 bridgehead atoms. The Morgan fingerprint density at radius 2 is 1.60 bits per heavy atom. The van der Waals surface area contributed by atoms with Crippen molar-refractivity contribution < 1.29 is 15.0 Å². The zero-order valence-corrected chi connectivity index (χ0v) is 18.5. The van der Waals surface area contributed by atoms with E-state index in [1.54, 1.807) is 25.8 Å². The first kappa shape index (κ1) is 24.9. The minimum Gasteiger partial charge on any atom is -0.437 e. The number of hydrogen-bond donors (Lipinski definition) is 4. The lowest BCUT2D eigenvalue weighted by atomic mass is 9.82. The molecule has 0 radical (unpaired) electrons. The molecule has 9 nitrogen and oxygen atoms in total. The number of nitro benzene ring substituents is 1. The van der Waals surface area contributed by atoms with Gasteiger partial charge >= 0.3 is 14.1 Å². The summed E-state index contributed by atoms with van der Waals surface area (Å²) in [6.07, 6.45) is 3.71. The van der Waals surface area contributed by atoms with E-state index >= 15 is 0 Å². The molecule has 0 amide bonds. The molecule has 2 heterocycles. The van der Waals surface area contributed by atoms with Crippen molar-refractivity contribution in [3.63, 3.8) is 0 Å². The van der Waals surface area contributed by atoms with Gasteiger partial charge in [-0.15, -0.1) is 0 Å². The van der Waals surface area contributed by atoms with E-state index in [-0.39, 0.29) is 18.8 Å². The van der Waals surface area contributed by atoms with Crippen molar-refractivity contribution in [1.29, 1.82) is 0 Å². The van der Waals surface area contributed by atoms with E-state index in [1.165, 1.54) is 6.07 Å². The molecule has 5 N–H and O–H groups in total. The lowest BCUT2D eigenvalue weighted by Crippen LogP contribution is -2.46. The molecule has 1 aromatic carbocycles. The van der Waals surface area contributed by atoms with E-state index < -0.39 is 12.0 Å². The Bertz CT molecular complexity index is 685. The van der Waals surface area contributed by atoms with Crippen molar-refractivity contribution in [3.8, 4) is 0 Å². The van der Waals surface area contributed by atoms with Crippen molar-refractivity contribution >= 4 is 37.1 Å². The minimum absolute atomic E-state index is 0.00421. The van der Waals surface area contributed by atoms with Crippen LogP contribution in [0.5, 0.6) is 0 Å². The van der Waals surface area contributed by atoms with Gasteiger partial charge in [0.2, 0.25) is 0 Å². The number of anilines is 1. The highest BCUT2D eigenvalue weighted by molar-refractivity contribution is 6.45. The topological polar surface area (TPSA) is 128 Å². The molecule has 0 spiro atoms. The Kier molecular flexibility index (Phi) is 9.86. The molecule has 0 aliphatic carbocycles. The standard InChI is InChI=1S/C12H17BClN3O3.C6H15BN2O/c1-13(18)16-6-4-10(5-7-16)15-11-3-2-9(14)8-12(11)17(19)20;1-7(10)9-4-2-6(8)3-5-9/h2-3,8,10,15,18H,4-7H2,1H3;6,10H,2-5,8H2,1H3. The summed E-state index contributed by atoms with van der Waals surface area (Å²) in [5, 5.41) is 33.2. The van der Waals surface area contributed by atoms with Gasteiger partial charge in [0, 0.05) is 23.2 Å². The Balaban J connectivity index is 0.000000269. The second-order valence-electron chi connectivity index (χ2n) is 8.01. The number of nitrogens with zero attached hydrogens (tertiary/aromatic N) is 3. The maximum atomic E-state index is 11.0. The van der Waals surface area contributed by atoms with Gasteiger partial charge in [0.1, 0.15) is 5.69 Å². The summed E-state index contributed by atoms with van der Waals surface area (Å²) >= 11 is 5.79. The first-order valence-electron chi connectivity index (χ1n) is 10.5. The summed E-state index contributed by atoms with van der Waals surface area (Å²) in [5.74, 6) is 0. The third-order valence-electron chi connectivity index (χ3n) is 5.68. The van der Waals surface area contributed by atoms with Crippen LogP contribution in [0, 0.1) is 10.1 Å². The van der Waals surface area contributed by atoms with Crippen molar-refractivity contribution in [1.82, 2.24) is 9.62 Å². The molecule has 0 unspecified atom stereocenters. The van der Waals surface area contributed by atoms with E-state index in [0.29, 0.717) is 16.8 Å². The van der Waals surface area contributed by atoms with Crippen LogP contribution in [0.25, 0.3) is 0 Å². The predicted molar refractivity (Wildman–Crippen MR) is 123 cm³/mol. The van der Waals surface area contributed by atoms with Gasteiger partial charge in [-0.05, 0) is 77.6 Å². The molecule has 2 aliphatic heterocycles. The van der Waals surface area contributed by atoms with Crippen LogP contribution in [-0.2, 0) is 0 Å². The summed E-state index contributed by atoms with van der Waals surface area (Å²) in [5.41, 5.74) is 6.18. The summed E-state index contributed by atoms with van der Waals surface area (Å²) in [6.45, 7) is 6.99. The maximum absolute atomic E-state index is 11.0. The number of nitrogens with one attached hydrogen (secondary N) is 1. The smallest absolute Gasteiger partial charge is 0.376 e. The highest BCUT2D eigenvalue weighted by atomic mass is 35.5. The molecule has 1 aromatic rings. The average molecular weight is 440 g/mol. The molecular weight excluding hydrogens is 407 g/mol. The van der Waals surface area contributed by atoms with Crippen LogP contribution in [-0.4, -0.2) is 77.0 Å². The van der Waals surface area contributed by atoms with Crippen molar-refractivity contribution in [2.45, 2.75) is 51.4 Å². The molecule has 30 heavy (non-hydrogen) atoms. The monoisotopic (exact) mass is 439 g/mol. The van der Waals surface area contributed by atoms with Gasteiger partial charge in [-0.25, -0.2) is 0 Å². The van der Waals surface area contributed by atoms with Crippen molar-refractivity contribution in [2.24, 2.45) is 5.73 Å². The van der Waals surface area contributed by atoms with Gasteiger partial charge in [0.15, 0.2) is 0 Å². The number of rotatable bonds is 5. The lowest BCUT2D eigenvalue weighted by molar-refractivity contribution is -0.384. The van der Waals surface area contributed by atoms with E-state index in [2.05, 4.69) is 5.32 Å². The van der Waals surface area contributed by atoms with Crippen LogP contribution in [0.3, 0.4) is 0 Å². The quantitative estimate of drug-likeness (QED) is 0.310. The van der Waals surface area contributed by atoms with Crippen LogP contribution >= 0.6 is 11.6 Å². The number of halogens is 1. The highest BCUT2D eigenvalue weighted by Gasteiger charge is 2.25. The van der Waals surface area contributed by atoms with E-state index in [9.17, 15) is 15.1 Å². The van der Waals surface area contributed by atoms with Gasteiger partial charge in [-0.3, -0.25) is 10.1 Å². The summed E-state index contributed by atoms with van der Waals surface area (Å²) < 4.78 is 0. The summed E-state index contributed by atoms with van der Waals surface area (Å²) in [4.78, 5) is 14.6. The second-order valence-corrected chi connectivity index (χ2v) is 8.45. The van der Waals surface area contributed by atoms with Gasteiger partial charge in [0.25, 0.3) is 5.69 Å². The van der Waals surface area contributed by atoms with Gasteiger partial charge in [-0.1, -0.05) is 11.6 Å². The Morgan fingerprint density at radius 1 is 1.10 bits per heavy atom. The van der Waals surface area contributed by atoms with E-state index in [0.717, 1.165) is 51.9 Å². The van der Waals surface area contributed by atoms with E-state index in [4.69, 9.17) is 22.4 Å². The Hall–Kier alpha value is -1.36. The second kappa shape index (κ2) is 11.9. The molecule has 2 fully saturated rings. The van der Waals surface area contributed by atoms with Crippen molar-refractivity contribution in [3.05, 3.63) is 33.3 Å². The molecule has 2 saturated heterocycles. The fourth-order valence-electron chi connectivity index (χ4n) is 3.71. The van der Waals surface area contributed by atoms with Gasteiger partial charge < -0.3 is 30.7 Å². The average Bonchev–Trinajstić information content (AvgIpc) is 2.70. The number of nitro groups is 1. The third kappa shape index (κ3) is 7.72. The SMILES string of the molecule is CB(O)N1CCC(N)CC1.CB(O)N1CCC(Nc2ccc(Cl)cc2[N+](=O)[O-])CC1. The molecule has 2 aliphatic rings. The molecule has 3 rings (SSSR count). The number of benzene rings is 1. The first-order valence-corrected chi connectivity index (χ1v) is 10.9. The van der Waals surface area contributed by atoms with Crippen LogP contribution in [0.4, 0.5) is 11.4 Å². The number of nitrogens with two attached hydrogens (primary N) is 1. The van der Waals surface area contributed by atoms with Gasteiger partial charge in [0.05, 0.1) is 4.92 Å². The van der Waals surface area contributed by atoms with Crippen LogP contribution < -0.4 is 11.1 Å². The highest BCUT2D eigenvalue weighted by Crippen LogP contribution is 2.29. The predicted octanol–water partition coefficient (Wildman–Crippen LogP) is 1.75. The van der Waals surface area contributed by atoms with Crippen LogP contribution in [0.1, 0.15) is 25.7 Å². The Morgan fingerprint density at radius 3 is 2.07 bits per heavy atom. The molecule has 166 valence electrons. The molecule has 0 atom stereocenters. The molecule has 0 aromatic heterocycles. The minimum atomic E-state index is -0.444. The third-order valence-corrected chi connectivity index (χ3v) is 5.91. The molecule has 0 saturated carbocycles. The van der Waals surface area contributed by atoms with Crippen LogP contribution in [0.15, 0.2) is 18.2 Å². The molecule has 12 heteroatoms. The maximum Gasteiger partial charge on any atom is 0.376 e. The fourth-order valence-corrected chi connectivity index (χ4v) is 3.87. The van der Waals surface area contributed by atoms with Crippen LogP contribution in [0.2, 0.25) is 18.7 Å². The normalized spacial score (nSPS) is 19.0. The zero-order valence-electron chi connectivity index (χ0n) is 17.7. The molecular formula is C18H32B2ClN5O4. The first-order chi connectivity index (χ1) is 14.2. The summed E-state index contributed by atoms with van der Waals surface area (Å²) in [7, 11) is -0.742. The lowest BCUT2D eigenvalue weighted by Gasteiger charge is -2.33. The summed E-state index contributed by atoms with van der Waals surface area (Å²) in [6, 6.07) is 5.16. The number of hydrogen-bond acceptors (Lipinski definition) is 8. The largest absolute Gasteiger partial charge is 0.437 e. The van der Waals surface area contributed by atoms with E-state index in [1.807, 2.05) is 9.62 Å². The van der Waals surface area contributed by atoms with Crippen molar-refractivity contribution in [2.75, 3.05) is 31.5 Å². The fraction of sp³-hybridized carbons (Fsp3) is 0.667. The number of piperidine rings is 2. The Labute approximate surface area is 184 Å². The van der Waals surface area contributed by atoms with Gasteiger partial charge in [-0.2, -0.15) is 0 Å².